The number of aryl methyl sites for hydroxylation is 1. The van der Waals surface area contributed by atoms with E-state index in [0.29, 0.717) is 10.6 Å². The molecule has 0 saturated heterocycles. The SMILES string of the molecule is Cc1c(-n2nc3ccc(C(F)(F)F)cn3c2=O)nc2ccc(C(F)(F)F)cn12. The van der Waals surface area contributed by atoms with Gasteiger partial charge in [0.15, 0.2) is 11.5 Å². The van der Waals surface area contributed by atoms with E-state index in [0.717, 1.165) is 39.5 Å². The lowest BCUT2D eigenvalue weighted by molar-refractivity contribution is -0.138. The summed E-state index contributed by atoms with van der Waals surface area (Å²) in [6.45, 7) is 1.42. The standard InChI is InChI=1S/C16H9F6N5O/c1-8-13(23-11-4-2-9(6-25(8)11)15(17,18)19)27-14(28)26-7-10(16(20,21)22)3-5-12(26)24-27/h2-7H,1H3. The summed E-state index contributed by atoms with van der Waals surface area (Å²) in [7, 11) is 0. The topological polar surface area (TPSA) is 56.6 Å². The van der Waals surface area contributed by atoms with Gasteiger partial charge in [0.25, 0.3) is 0 Å². The molecule has 12 heteroatoms. The molecule has 0 bridgehead atoms. The van der Waals surface area contributed by atoms with Crippen molar-refractivity contribution in [3.05, 3.63) is 64.0 Å². The molecule has 146 valence electrons. The Morgan fingerprint density at radius 2 is 1.36 bits per heavy atom. The Labute approximate surface area is 151 Å². The normalized spacial score (nSPS) is 13.0. The molecule has 4 heterocycles. The number of fused-ring (bicyclic) bond motifs is 2. The zero-order chi connectivity index (χ0) is 20.4. The highest BCUT2D eigenvalue weighted by Crippen LogP contribution is 2.30. The molecular weight excluding hydrogens is 392 g/mol. The van der Waals surface area contributed by atoms with E-state index in [2.05, 4.69) is 10.1 Å². The van der Waals surface area contributed by atoms with Crippen molar-refractivity contribution >= 4 is 11.3 Å². The van der Waals surface area contributed by atoms with Crippen molar-refractivity contribution < 1.29 is 26.3 Å². The van der Waals surface area contributed by atoms with Crippen LogP contribution in [0.15, 0.2) is 41.5 Å². The summed E-state index contributed by atoms with van der Waals surface area (Å²) in [6.07, 6.45) is -7.79. The summed E-state index contributed by atoms with van der Waals surface area (Å²) < 4.78 is 79.9. The van der Waals surface area contributed by atoms with Gasteiger partial charge in [-0.3, -0.25) is 0 Å². The highest BCUT2D eigenvalue weighted by atomic mass is 19.4. The molecule has 4 aromatic heterocycles. The molecular formula is C16H9F6N5O. The summed E-state index contributed by atoms with van der Waals surface area (Å²) in [6, 6.07) is 3.77. The number of aromatic nitrogens is 5. The van der Waals surface area contributed by atoms with E-state index in [1.54, 1.807) is 0 Å². The Bertz CT molecular complexity index is 1280. The second-order valence-electron chi connectivity index (χ2n) is 6.00. The zero-order valence-electron chi connectivity index (χ0n) is 13.9. The third-order valence-electron chi connectivity index (χ3n) is 4.20. The molecule has 4 aromatic rings. The van der Waals surface area contributed by atoms with Gasteiger partial charge in [-0.15, -0.1) is 5.10 Å². The number of hydrogen-bond acceptors (Lipinski definition) is 3. The molecule has 0 aliphatic rings. The first-order valence-corrected chi connectivity index (χ1v) is 7.72. The van der Waals surface area contributed by atoms with E-state index in [4.69, 9.17) is 0 Å². The zero-order valence-corrected chi connectivity index (χ0v) is 13.9. The van der Waals surface area contributed by atoms with Crippen LogP contribution >= 0.6 is 0 Å². The van der Waals surface area contributed by atoms with Gasteiger partial charge in [-0.25, -0.2) is 14.2 Å². The van der Waals surface area contributed by atoms with Gasteiger partial charge in [0, 0.05) is 12.4 Å². The minimum Gasteiger partial charge on any atom is -0.301 e. The minimum absolute atomic E-state index is 0.0644. The van der Waals surface area contributed by atoms with Gasteiger partial charge in [-0.05, 0) is 31.2 Å². The molecule has 0 unspecified atom stereocenters. The lowest BCUT2D eigenvalue weighted by Crippen LogP contribution is -2.21. The Morgan fingerprint density at radius 3 is 1.93 bits per heavy atom. The first-order chi connectivity index (χ1) is 13.0. The summed E-state index contributed by atoms with van der Waals surface area (Å²) in [5.41, 5.74) is -2.65. The molecule has 0 aromatic carbocycles. The van der Waals surface area contributed by atoms with E-state index in [9.17, 15) is 31.1 Å². The summed E-state index contributed by atoms with van der Waals surface area (Å²) in [5.74, 6) is -0.0819. The molecule has 0 saturated carbocycles. The van der Waals surface area contributed by atoms with Crippen molar-refractivity contribution in [2.24, 2.45) is 0 Å². The number of imidazole rings is 1. The molecule has 28 heavy (non-hydrogen) atoms. The highest BCUT2D eigenvalue weighted by molar-refractivity contribution is 5.50. The molecule has 0 atom stereocenters. The molecule has 0 aliphatic carbocycles. The maximum atomic E-state index is 12.9. The van der Waals surface area contributed by atoms with Crippen LogP contribution in [0.3, 0.4) is 0 Å². The second kappa shape index (κ2) is 5.59. The van der Waals surface area contributed by atoms with E-state index in [1.807, 2.05) is 0 Å². The fourth-order valence-electron chi connectivity index (χ4n) is 2.80. The molecule has 0 amide bonds. The van der Waals surface area contributed by atoms with E-state index >= 15 is 0 Å². The Balaban J connectivity index is 1.93. The van der Waals surface area contributed by atoms with Gasteiger partial charge in [0.1, 0.15) is 5.65 Å². The van der Waals surface area contributed by atoms with Crippen LogP contribution < -0.4 is 5.69 Å². The average molecular weight is 401 g/mol. The van der Waals surface area contributed by atoms with Crippen molar-refractivity contribution in [3.8, 4) is 5.82 Å². The molecule has 4 rings (SSSR count). The lowest BCUT2D eigenvalue weighted by Gasteiger charge is -2.07. The smallest absolute Gasteiger partial charge is 0.301 e. The summed E-state index contributed by atoms with van der Waals surface area (Å²) in [5, 5.41) is 3.93. The van der Waals surface area contributed by atoms with Crippen LogP contribution in [0.4, 0.5) is 26.3 Å². The molecule has 6 nitrogen and oxygen atoms in total. The molecule has 0 aliphatic heterocycles. The first-order valence-electron chi connectivity index (χ1n) is 7.72. The fraction of sp³-hybridized carbons (Fsp3) is 0.188. The van der Waals surface area contributed by atoms with E-state index in [-0.39, 0.29) is 22.8 Å². The van der Waals surface area contributed by atoms with E-state index in [1.165, 1.54) is 6.92 Å². The Morgan fingerprint density at radius 1 is 0.821 bits per heavy atom. The maximum Gasteiger partial charge on any atom is 0.417 e. The highest BCUT2D eigenvalue weighted by Gasteiger charge is 2.32. The van der Waals surface area contributed by atoms with Crippen LogP contribution in [0.25, 0.3) is 17.1 Å². The number of alkyl halides is 6. The van der Waals surface area contributed by atoms with Crippen molar-refractivity contribution in [3.63, 3.8) is 0 Å². The number of nitrogens with zero attached hydrogens (tertiary/aromatic N) is 5. The summed E-state index contributed by atoms with van der Waals surface area (Å²) in [4.78, 5) is 16.6. The number of hydrogen-bond donors (Lipinski definition) is 0. The van der Waals surface area contributed by atoms with Crippen LogP contribution in [0.1, 0.15) is 16.8 Å². The summed E-state index contributed by atoms with van der Waals surface area (Å²) >= 11 is 0. The van der Waals surface area contributed by atoms with Crippen molar-refractivity contribution in [2.75, 3.05) is 0 Å². The maximum absolute atomic E-state index is 12.9. The van der Waals surface area contributed by atoms with Crippen LogP contribution in [-0.2, 0) is 12.4 Å². The predicted molar refractivity (Wildman–Crippen MR) is 84.3 cm³/mol. The first kappa shape index (κ1) is 18.1. The van der Waals surface area contributed by atoms with Crippen LogP contribution in [0.5, 0.6) is 0 Å². The van der Waals surface area contributed by atoms with Crippen molar-refractivity contribution in [1.29, 1.82) is 0 Å². The van der Waals surface area contributed by atoms with Gasteiger partial charge in [-0.2, -0.15) is 31.0 Å². The van der Waals surface area contributed by atoms with Crippen molar-refractivity contribution in [2.45, 2.75) is 19.3 Å². The quantitative estimate of drug-likeness (QED) is 0.459. The molecule has 0 spiro atoms. The molecule has 0 radical (unpaired) electrons. The van der Waals surface area contributed by atoms with Gasteiger partial charge >= 0.3 is 18.0 Å². The predicted octanol–water partition coefficient (Wildman–Crippen LogP) is 3.48. The van der Waals surface area contributed by atoms with Crippen LogP contribution in [-0.4, -0.2) is 23.6 Å². The van der Waals surface area contributed by atoms with Crippen molar-refractivity contribution in [1.82, 2.24) is 23.6 Å². The second-order valence-corrected chi connectivity index (χ2v) is 6.00. The average Bonchev–Trinajstić information content (AvgIpc) is 3.10. The third kappa shape index (κ3) is 2.72. The minimum atomic E-state index is -4.65. The van der Waals surface area contributed by atoms with E-state index < -0.39 is 29.2 Å². The molecule has 0 N–H and O–H groups in total. The Kier molecular flexibility index (Phi) is 3.61. The third-order valence-corrected chi connectivity index (χ3v) is 4.20. The fourth-order valence-corrected chi connectivity index (χ4v) is 2.80. The molecule has 0 fully saturated rings. The lowest BCUT2D eigenvalue weighted by atomic mass is 10.3. The van der Waals surface area contributed by atoms with Gasteiger partial charge in [0.05, 0.1) is 16.8 Å². The van der Waals surface area contributed by atoms with Crippen LogP contribution in [0, 0.1) is 6.92 Å². The number of halogens is 6. The van der Waals surface area contributed by atoms with Crippen LogP contribution in [0.2, 0.25) is 0 Å². The van der Waals surface area contributed by atoms with Gasteiger partial charge < -0.3 is 4.40 Å². The largest absolute Gasteiger partial charge is 0.417 e. The van der Waals surface area contributed by atoms with Gasteiger partial charge in [-0.1, -0.05) is 0 Å². The number of pyridine rings is 2. The Hall–Kier alpha value is -3.31. The monoisotopic (exact) mass is 401 g/mol. The number of rotatable bonds is 1. The van der Waals surface area contributed by atoms with Gasteiger partial charge in [0.2, 0.25) is 0 Å².